The molecule has 0 unspecified atom stereocenters. The van der Waals surface area contributed by atoms with Crippen molar-refractivity contribution in [1.29, 1.82) is 0 Å². The molecule has 0 radical (unpaired) electrons. The topological polar surface area (TPSA) is 57.1 Å². The molecule has 2 aromatic rings. The Morgan fingerprint density at radius 2 is 1.89 bits per heavy atom. The van der Waals surface area contributed by atoms with Gasteiger partial charge in [-0.05, 0) is 66.0 Å². The summed E-state index contributed by atoms with van der Waals surface area (Å²) in [6.07, 6.45) is 1.73. The van der Waals surface area contributed by atoms with Crippen LogP contribution in [0.5, 0.6) is 11.5 Å². The maximum Gasteiger partial charge on any atom is 0.367 e. The van der Waals surface area contributed by atoms with Crippen molar-refractivity contribution in [3.63, 3.8) is 0 Å². The largest absolute Gasteiger partial charge is 0.490 e. The molecule has 0 N–H and O–H groups in total. The number of hydrogen-bond acceptors (Lipinski definition) is 5. The highest BCUT2D eigenvalue weighted by atomic mass is 79.9. The van der Waals surface area contributed by atoms with Crippen molar-refractivity contribution in [3.05, 3.63) is 63.1 Å². The highest BCUT2D eigenvalue weighted by molar-refractivity contribution is 9.10. The van der Waals surface area contributed by atoms with Crippen LogP contribution in [0.15, 0.2) is 51.6 Å². The summed E-state index contributed by atoms with van der Waals surface area (Å²) in [5.74, 6) is 0.770. The molecule has 1 heterocycles. The van der Waals surface area contributed by atoms with E-state index in [0.717, 1.165) is 15.6 Å². The Morgan fingerprint density at radius 1 is 1.15 bits per heavy atom. The zero-order chi connectivity index (χ0) is 19.4. The lowest BCUT2D eigenvalue weighted by atomic mass is 10.1. The van der Waals surface area contributed by atoms with Gasteiger partial charge >= 0.3 is 5.97 Å². The SMILES string of the molecule is CCOc1cc(C=C2C(=O)ON=C2C)cc(Br)c1OCc1ccc(C)cc1. The number of oxime groups is 1. The Balaban J connectivity index is 1.88. The summed E-state index contributed by atoms with van der Waals surface area (Å²) < 4.78 is 12.5. The molecule has 3 rings (SSSR count). The Kier molecular flexibility index (Phi) is 5.96. The number of benzene rings is 2. The van der Waals surface area contributed by atoms with Gasteiger partial charge in [-0.3, -0.25) is 0 Å². The number of rotatable bonds is 6. The molecule has 1 aliphatic rings. The summed E-state index contributed by atoms with van der Waals surface area (Å²) in [4.78, 5) is 16.5. The van der Waals surface area contributed by atoms with Crippen molar-refractivity contribution in [2.45, 2.75) is 27.4 Å². The number of carbonyl (C=O) groups is 1. The van der Waals surface area contributed by atoms with E-state index in [9.17, 15) is 4.79 Å². The maximum absolute atomic E-state index is 11.8. The van der Waals surface area contributed by atoms with E-state index in [1.165, 1.54) is 5.56 Å². The smallest absolute Gasteiger partial charge is 0.367 e. The van der Waals surface area contributed by atoms with Crippen molar-refractivity contribution in [2.75, 3.05) is 6.61 Å². The fourth-order valence-corrected chi connectivity index (χ4v) is 3.17. The second kappa shape index (κ2) is 8.39. The predicted molar refractivity (Wildman–Crippen MR) is 108 cm³/mol. The lowest BCUT2D eigenvalue weighted by molar-refractivity contribution is -0.136. The minimum Gasteiger partial charge on any atom is -0.490 e. The zero-order valence-corrected chi connectivity index (χ0v) is 17.0. The Hall–Kier alpha value is -2.60. The van der Waals surface area contributed by atoms with E-state index in [1.54, 1.807) is 13.0 Å². The van der Waals surface area contributed by atoms with Crippen LogP contribution in [0, 0.1) is 6.92 Å². The van der Waals surface area contributed by atoms with Gasteiger partial charge in [0.1, 0.15) is 6.61 Å². The quantitative estimate of drug-likeness (QED) is 0.476. The molecule has 0 aliphatic carbocycles. The van der Waals surface area contributed by atoms with Gasteiger partial charge in [-0.1, -0.05) is 35.0 Å². The van der Waals surface area contributed by atoms with E-state index in [-0.39, 0.29) is 0 Å². The third kappa shape index (κ3) is 4.57. The Labute approximate surface area is 166 Å². The van der Waals surface area contributed by atoms with Gasteiger partial charge in [-0.15, -0.1) is 0 Å². The fourth-order valence-electron chi connectivity index (χ4n) is 2.60. The van der Waals surface area contributed by atoms with Crippen LogP contribution in [0.25, 0.3) is 6.08 Å². The van der Waals surface area contributed by atoms with Crippen LogP contribution < -0.4 is 9.47 Å². The first-order chi connectivity index (χ1) is 13.0. The van der Waals surface area contributed by atoms with E-state index in [0.29, 0.717) is 36.0 Å². The number of halogens is 1. The van der Waals surface area contributed by atoms with Gasteiger partial charge in [0.05, 0.1) is 22.4 Å². The minimum atomic E-state index is -0.457. The Morgan fingerprint density at radius 3 is 2.52 bits per heavy atom. The van der Waals surface area contributed by atoms with Gasteiger partial charge in [-0.25, -0.2) is 4.79 Å². The molecule has 0 saturated carbocycles. The van der Waals surface area contributed by atoms with E-state index >= 15 is 0 Å². The fraction of sp³-hybridized carbons (Fsp3) is 0.238. The molecule has 0 amide bonds. The van der Waals surface area contributed by atoms with Crippen molar-refractivity contribution >= 4 is 33.7 Å². The van der Waals surface area contributed by atoms with Gasteiger partial charge in [0.25, 0.3) is 0 Å². The summed E-state index contributed by atoms with van der Waals surface area (Å²) in [6, 6.07) is 11.9. The average molecular weight is 430 g/mol. The average Bonchev–Trinajstić information content (AvgIpc) is 2.95. The van der Waals surface area contributed by atoms with Crippen molar-refractivity contribution < 1.29 is 19.1 Å². The van der Waals surface area contributed by atoms with E-state index in [1.807, 2.05) is 38.1 Å². The highest BCUT2D eigenvalue weighted by Gasteiger charge is 2.22. The highest BCUT2D eigenvalue weighted by Crippen LogP contribution is 2.38. The molecule has 5 nitrogen and oxygen atoms in total. The van der Waals surface area contributed by atoms with Crippen LogP contribution in [0.3, 0.4) is 0 Å². The molecular formula is C21H20BrNO4. The van der Waals surface area contributed by atoms with Crippen LogP contribution in [-0.2, 0) is 16.2 Å². The Bertz CT molecular complexity index is 917. The van der Waals surface area contributed by atoms with E-state index < -0.39 is 5.97 Å². The standard InChI is InChI=1S/C21H20BrNO4/c1-4-25-19-11-16(9-17-14(3)23-27-21(17)24)10-18(22)20(19)26-12-15-7-5-13(2)6-8-15/h5-11H,4,12H2,1-3H3. The third-order valence-electron chi connectivity index (χ3n) is 4.02. The molecule has 0 fully saturated rings. The van der Waals surface area contributed by atoms with E-state index in [2.05, 4.69) is 33.2 Å². The molecule has 0 aromatic heterocycles. The number of ether oxygens (including phenoxy) is 2. The first kappa shape index (κ1) is 19.2. The third-order valence-corrected chi connectivity index (χ3v) is 4.61. The molecule has 140 valence electrons. The summed E-state index contributed by atoms with van der Waals surface area (Å²) in [7, 11) is 0. The summed E-state index contributed by atoms with van der Waals surface area (Å²) in [5, 5.41) is 3.69. The molecule has 0 bridgehead atoms. The predicted octanol–water partition coefficient (Wildman–Crippen LogP) is 5.05. The number of aryl methyl sites for hydroxylation is 1. The van der Waals surface area contributed by atoms with Crippen LogP contribution in [-0.4, -0.2) is 18.3 Å². The first-order valence-electron chi connectivity index (χ1n) is 8.60. The lowest BCUT2D eigenvalue weighted by Crippen LogP contribution is -2.03. The number of carbonyl (C=O) groups excluding carboxylic acids is 1. The van der Waals surface area contributed by atoms with Gasteiger partial charge < -0.3 is 14.3 Å². The number of hydrogen-bond donors (Lipinski definition) is 0. The molecule has 0 atom stereocenters. The molecular weight excluding hydrogens is 410 g/mol. The second-order valence-electron chi connectivity index (χ2n) is 6.15. The van der Waals surface area contributed by atoms with Gasteiger partial charge in [0.2, 0.25) is 0 Å². The first-order valence-corrected chi connectivity index (χ1v) is 9.40. The van der Waals surface area contributed by atoms with Crippen molar-refractivity contribution in [1.82, 2.24) is 0 Å². The van der Waals surface area contributed by atoms with Gasteiger partial charge in [-0.2, -0.15) is 0 Å². The molecule has 1 aliphatic heterocycles. The molecule has 6 heteroatoms. The van der Waals surface area contributed by atoms with Crippen LogP contribution >= 0.6 is 15.9 Å². The maximum atomic E-state index is 11.8. The van der Waals surface area contributed by atoms with E-state index in [4.69, 9.17) is 14.3 Å². The molecule has 2 aromatic carbocycles. The lowest BCUT2D eigenvalue weighted by Gasteiger charge is -2.15. The van der Waals surface area contributed by atoms with Crippen molar-refractivity contribution in [2.24, 2.45) is 5.16 Å². The summed E-state index contributed by atoms with van der Waals surface area (Å²) in [5.41, 5.74) is 4.04. The molecule has 27 heavy (non-hydrogen) atoms. The monoisotopic (exact) mass is 429 g/mol. The van der Waals surface area contributed by atoms with Crippen LogP contribution in [0.2, 0.25) is 0 Å². The number of nitrogens with zero attached hydrogens (tertiary/aromatic N) is 1. The van der Waals surface area contributed by atoms with Gasteiger partial charge in [0, 0.05) is 0 Å². The summed E-state index contributed by atoms with van der Waals surface area (Å²) >= 11 is 3.55. The second-order valence-corrected chi connectivity index (χ2v) is 7.01. The van der Waals surface area contributed by atoms with Gasteiger partial charge in [0.15, 0.2) is 11.5 Å². The van der Waals surface area contributed by atoms with Crippen molar-refractivity contribution in [3.8, 4) is 11.5 Å². The minimum absolute atomic E-state index is 0.428. The zero-order valence-electron chi connectivity index (χ0n) is 15.4. The molecule has 0 saturated heterocycles. The molecule has 0 spiro atoms. The normalized spacial score (nSPS) is 14.9. The van der Waals surface area contributed by atoms with Crippen LogP contribution in [0.1, 0.15) is 30.5 Å². The van der Waals surface area contributed by atoms with Crippen LogP contribution in [0.4, 0.5) is 0 Å². The summed E-state index contributed by atoms with van der Waals surface area (Å²) in [6.45, 7) is 6.61.